The molecule has 1 N–H and O–H groups in total. The fraction of sp³-hybridized carbons (Fsp3) is 0.333. The largest absolute Gasteiger partial charge is 0.311 e. The number of hydrogen-bond acceptors (Lipinski definition) is 5. The summed E-state index contributed by atoms with van der Waals surface area (Å²) in [5.74, 6) is 1.62. The van der Waals surface area contributed by atoms with Crippen molar-refractivity contribution in [2.45, 2.75) is 19.8 Å². The smallest absolute Gasteiger partial charge is 0.222 e. The zero-order chi connectivity index (χ0) is 17.6. The van der Waals surface area contributed by atoms with E-state index < -0.39 is 0 Å². The van der Waals surface area contributed by atoms with E-state index in [4.69, 9.17) is 4.98 Å². The van der Waals surface area contributed by atoms with Crippen LogP contribution in [0.15, 0.2) is 30.5 Å². The number of fused-ring (bicyclic) bond motifs is 1. The second-order valence-corrected chi connectivity index (χ2v) is 6.60. The number of carbonyl (C=O) groups is 1. The molecule has 1 aliphatic rings. The van der Waals surface area contributed by atoms with Gasteiger partial charge in [0.2, 0.25) is 5.91 Å². The molecule has 0 bridgehead atoms. The second kappa shape index (κ2) is 5.93. The van der Waals surface area contributed by atoms with Gasteiger partial charge in [-0.3, -0.25) is 4.79 Å². The highest BCUT2D eigenvalue weighted by Crippen LogP contribution is 2.26. The van der Waals surface area contributed by atoms with E-state index in [1.807, 2.05) is 29.8 Å². The molecule has 4 heterocycles. The van der Waals surface area contributed by atoms with Crippen LogP contribution in [0, 0.1) is 6.92 Å². The van der Waals surface area contributed by atoms with Crippen molar-refractivity contribution in [3.8, 4) is 5.82 Å². The lowest BCUT2D eigenvalue weighted by molar-refractivity contribution is -0.114. The zero-order valence-corrected chi connectivity index (χ0v) is 14.5. The van der Waals surface area contributed by atoms with Gasteiger partial charge in [-0.2, -0.15) is 5.10 Å². The second-order valence-electron chi connectivity index (χ2n) is 6.60. The molecule has 0 spiro atoms. The van der Waals surface area contributed by atoms with Gasteiger partial charge in [-0.15, -0.1) is 0 Å². The van der Waals surface area contributed by atoms with Crippen molar-refractivity contribution in [1.29, 1.82) is 0 Å². The van der Waals surface area contributed by atoms with Gasteiger partial charge in [0.15, 0.2) is 5.82 Å². The first-order chi connectivity index (χ1) is 12.0. The number of aromatic nitrogens is 4. The Morgan fingerprint density at radius 1 is 1.32 bits per heavy atom. The predicted molar refractivity (Wildman–Crippen MR) is 95.9 cm³/mol. The Labute approximate surface area is 145 Å². The lowest BCUT2D eigenvalue weighted by atomic mass is 9.97. The molecule has 0 aliphatic carbocycles. The monoisotopic (exact) mass is 336 g/mol. The van der Waals surface area contributed by atoms with Crippen LogP contribution >= 0.6 is 0 Å². The first kappa shape index (κ1) is 15.7. The fourth-order valence-corrected chi connectivity index (χ4v) is 3.25. The summed E-state index contributed by atoms with van der Waals surface area (Å²) in [6.07, 6.45) is 1.74. The van der Waals surface area contributed by atoms with E-state index in [9.17, 15) is 4.79 Å². The SMILES string of the molecule is CC(=O)Nc1cc2c(cn1)c(C)nn2-c1cccc(C2CN(C)C2)n1. The highest BCUT2D eigenvalue weighted by Gasteiger charge is 2.26. The summed E-state index contributed by atoms with van der Waals surface area (Å²) in [5.41, 5.74) is 2.85. The highest BCUT2D eigenvalue weighted by molar-refractivity contribution is 5.91. The summed E-state index contributed by atoms with van der Waals surface area (Å²) in [7, 11) is 2.11. The summed E-state index contributed by atoms with van der Waals surface area (Å²) in [6.45, 7) is 5.48. The van der Waals surface area contributed by atoms with Crippen molar-refractivity contribution < 1.29 is 4.79 Å². The molecule has 3 aromatic heterocycles. The normalized spacial score (nSPS) is 15.3. The van der Waals surface area contributed by atoms with Gasteiger partial charge in [-0.05, 0) is 26.1 Å². The number of likely N-dealkylation sites (N-methyl/N-ethyl adjacent to an activating group) is 1. The van der Waals surface area contributed by atoms with E-state index in [2.05, 4.69) is 33.4 Å². The number of rotatable bonds is 3. The van der Waals surface area contributed by atoms with Crippen LogP contribution in [0.25, 0.3) is 16.7 Å². The molecule has 3 aromatic rings. The van der Waals surface area contributed by atoms with Gasteiger partial charge >= 0.3 is 0 Å². The number of anilines is 1. The number of likely N-dealkylation sites (tertiary alicyclic amines) is 1. The van der Waals surface area contributed by atoms with Gasteiger partial charge in [0.05, 0.1) is 11.2 Å². The Hall–Kier alpha value is -2.80. The maximum atomic E-state index is 11.3. The van der Waals surface area contributed by atoms with E-state index in [-0.39, 0.29) is 5.91 Å². The van der Waals surface area contributed by atoms with Crippen LogP contribution in [0.5, 0.6) is 0 Å². The van der Waals surface area contributed by atoms with Crippen molar-refractivity contribution in [3.63, 3.8) is 0 Å². The number of carbonyl (C=O) groups excluding carboxylic acids is 1. The van der Waals surface area contributed by atoms with Crippen molar-refractivity contribution in [2.75, 3.05) is 25.5 Å². The van der Waals surface area contributed by atoms with Crippen molar-refractivity contribution >= 4 is 22.6 Å². The third-order valence-corrected chi connectivity index (χ3v) is 4.51. The molecule has 1 amide bonds. The average molecular weight is 336 g/mol. The van der Waals surface area contributed by atoms with E-state index in [1.165, 1.54) is 6.92 Å². The van der Waals surface area contributed by atoms with Crippen molar-refractivity contribution in [1.82, 2.24) is 24.6 Å². The Kier molecular flexibility index (Phi) is 3.73. The number of pyridine rings is 2. The highest BCUT2D eigenvalue weighted by atomic mass is 16.1. The molecule has 0 unspecified atom stereocenters. The van der Waals surface area contributed by atoms with Gasteiger partial charge in [-0.25, -0.2) is 14.6 Å². The fourth-order valence-electron chi connectivity index (χ4n) is 3.25. The van der Waals surface area contributed by atoms with E-state index in [0.29, 0.717) is 11.7 Å². The standard InChI is InChI=1S/C18H20N6O/c1-11-14-8-19-17(20-12(2)25)7-16(14)24(22-11)18-6-4-5-15(21-18)13-9-23(3)10-13/h4-8,13H,9-10H2,1-3H3,(H,19,20,25). The van der Waals surface area contributed by atoms with Crippen molar-refractivity contribution in [2.24, 2.45) is 0 Å². The molecule has 0 atom stereocenters. The summed E-state index contributed by atoms with van der Waals surface area (Å²) in [5, 5.41) is 8.30. The Morgan fingerprint density at radius 3 is 2.84 bits per heavy atom. The summed E-state index contributed by atoms with van der Waals surface area (Å²) in [4.78, 5) is 22.7. The van der Waals surface area contributed by atoms with Crippen molar-refractivity contribution in [3.05, 3.63) is 41.9 Å². The molecule has 0 radical (unpaired) electrons. The topological polar surface area (TPSA) is 75.9 Å². The van der Waals surface area contributed by atoms with Gasteiger partial charge < -0.3 is 10.2 Å². The van der Waals surface area contributed by atoms with Crippen LogP contribution in [-0.4, -0.2) is 50.7 Å². The molecular weight excluding hydrogens is 316 g/mol. The van der Waals surface area contributed by atoms with E-state index in [1.54, 1.807) is 6.20 Å². The molecule has 128 valence electrons. The molecule has 0 aromatic carbocycles. The number of nitrogens with zero attached hydrogens (tertiary/aromatic N) is 5. The lowest BCUT2D eigenvalue weighted by Crippen LogP contribution is -2.42. The molecule has 1 fully saturated rings. The minimum Gasteiger partial charge on any atom is -0.311 e. The molecule has 25 heavy (non-hydrogen) atoms. The zero-order valence-electron chi connectivity index (χ0n) is 14.5. The predicted octanol–water partition coefficient (Wildman–Crippen LogP) is 2.11. The number of nitrogens with one attached hydrogen (secondary N) is 1. The quantitative estimate of drug-likeness (QED) is 0.793. The number of hydrogen-bond donors (Lipinski definition) is 1. The van der Waals surface area contributed by atoms with Crippen LogP contribution in [0.2, 0.25) is 0 Å². The number of aryl methyl sites for hydroxylation is 1. The van der Waals surface area contributed by atoms with Gasteiger partial charge in [0.25, 0.3) is 0 Å². The van der Waals surface area contributed by atoms with Gasteiger partial charge in [0.1, 0.15) is 5.82 Å². The van der Waals surface area contributed by atoms with Crippen LogP contribution in [0.4, 0.5) is 5.82 Å². The summed E-state index contributed by atoms with van der Waals surface area (Å²) in [6, 6.07) is 7.89. The molecule has 7 nitrogen and oxygen atoms in total. The summed E-state index contributed by atoms with van der Waals surface area (Å²) < 4.78 is 1.82. The minimum absolute atomic E-state index is 0.149. The van der Waals surface area contributed by atoms with Gasteiger partial charge in [0, 0.05) is 49.3 Å². The first-order valence-electron chi connectivity index (χ1n) is 8.30. The van der Waals surface area contributed by atoms with Crippen LogP contribution < -0.4 is 5.32 Å². The molecule has 0 saturated carbocycles. The maximum absolute atomic E-state index is 11.3. The number of amides is 1. The Balaban J connectivity index is 1.78. The van der Waals surface area contributed by atoms with Crippen LogP contribution in [-0.2, 0) is 4.79 Å². The van der Waals surface area contributed by atoms with Gasteiger partial charge in [-0.1, -0.05) is 6.07 Å². The summed E-state index contributed by atoms with van der Waals surface area (Å²) >= 11 is 0. The molecule has 7 heteroatoms. The Bertz CT molecular complexity index is 957. The Morgan fingerprint density at radius 2 is 2.12 bits per heavy atom. The van der Waals surface area contributed by atoms with Crippen LogP contribution in [0.1, 0.15) is 24.2 Å². The molecule has 4 rings (SSSR count). The molecular formula is C18H20N6O. The molecule has 1 aliphatic heterocycles. The third-order valence-electron chi connectivity index (χ3n) is 4.51. The van der Waals surface area contributed by atoms with Crippen LogP contribution in [0.3, 0.4) is 0 Å². The average Bonchev–Trinajstić information content (AvgIpc) is 2.88. The third kappa shape index (κ3) is 2.87. The minimum atomic E-state index is -0.149. The lowest BCUT2D eigenvalue weighted by Gasteiger charge is -2.35. The van der Waals surface area contributed by atoms with E-state index >= 15 is 0 Å². The maximum Gasteiger partial charge on any atom is 0.222 e. The molecule has 1 saturated heterocycles. The van der Waals surface area contributed by atoms with E-state index in [0.717, 1.165) is 41.2 Å². The first-order valence-corrected chi connectivity index (χ1v) is 8.30.